The maximum Gasteiger partial charge on any atom is 0.0408 e. The molecule has 0 aromatic rings. The first kappa shape index (κ1) is 8.99. The molecule has 11 heavy (non-hydrogen) atoms. The molecule has 0 atom stereocenters. The second-order valence-electron chi connectivity index (χ2n) is 3.94. The van der Waals surface area contributed by atoms with E-state index in [1.165, 1.54) is 38.5 Å². The van der Waals surface area contributed by atoms with Crippen LogP contribution < -0.4 is 0 Å². The van der Waals surface area contributed by atoms with Crippen molar-refractivity contribution in [2.24, 2.45) is 5.92 Å². The molecule has 0 unspecified atom stereocenters. The summed E-state index contributed by atoms with van der Waals surface area (Å²) in [5.41, 5.74) is 0.593. The normalized spacial score (nSPS) is 43.4. The van der Waals surface area contributed by atoms with Gasteiger partial charge in [-0.2, -0.15) is 1.33 Å². The molecule has 3 fully saturated rings. The van der Waals surface area contributed by atoms with E-state index in [0.29, 0.717) is 5.54 Å². The van der Waals surface area contributed by atoms with Gasteiger partial charge in [0, 0.05) is 51.3 Å². The predicted molar refractivity (Wildman–Crippen MR) is 63.8 cm³/mol. The Morgan fingerprint density at radius 3 is 1.73 bits per heavy atom. The molecule has 0 amide bonds. The standard InChI is InChI=1S/C8H13I2N/c9-11(10)8-4-1-7(2-5-8)3-6-8/h7H,1-6H2. The van der Waals surface area contributed by atoms with Gasteiger partial charge >= 0.3 is 0 Å². The second-order valence-corrected chi connectivity index (χ2v) is 7.72. The summed E-state index contributed by atoms with van der Waals surface area (Å²) in [5, 5.41) is 0. The van der Waals surface area contributed by atoms with Gasteiger partial charge in [0.05, 0.1) is 0 Å². The van der Waals surface area contributed by atoms with E-state index < -0.39 is 0 Å². The van der Waals surface area contributed by atoms with Crippen molar-refractivity contribution in [3.8, 4) is 0 Å². The maximum absolute atomic E-state index is 2.46. The summed E-state index contributed by atoms with van der Waals surface area (Å²) in [4.78, 5) is 0. The van der Waals surface area contributed by atoms with Gasteiger partial charge < -0.3 is 0 Å². The molecule has 3 aliphatic rings. The van der Waals surface area contributed by atoms with Gasteiger partial charge in [0.15, 0.2) is 0 Å². The molecular weight excluding hydrogens is 364 g/mol. The Morgan fingerprint density at radius 1 is 1.00 bits per heavy atom. The molecule has 0 N–H and O–H groups in total. The summed E-state index contributed by atoms with van der Waals surface area (Å²) in [7, 11) is 0. The van der Waals surface area contributed by atoms with Gasteiger partial charge in [-0.15, -0.1) is 0 Å². The number of hydrogen-bond donors (Lipinski definition) is 0. The van der Waals surface area contributed by atoms with Gasteiger partial charge in [-0.05, 0) is 44.4 Å². The second kappa shape index (κ2) is 3.29. The van der Waals surface area contributed by atoms with Gasteiger partial charge in [0.1, 0.15) is 0 Å². The molecule has 0 radical (unpaired) electrons. The van der Waals surface area contributed by atoms with E-state index in [1.807, 2.05) is 0 Å². The van der Waals surface area contributed by atoms with Crippen LogP contribution in [0.2, 0.25) is 0 Å². The highest BCUT2D eigenvalue weighted by Gasteiger charge is 2.43. The first-order valence-corrected chi connectivity index (χ1v) is 6.28. The van der Waals surface area contributed by atoms with Gasteiger partial charge in [-0.25, -0.2) is 0 Å². The third-order valence-electron chi connectivity index (χ3n) is 3.41. The molecule has 0 aromatic heterocycles. The Balaban J connectivity index is 2.12. The van der Waals surface area contributed by atoms with Crippen molar-refractivity contribution >= 4 is 45.7 Å². The van der Waals surface area contributed by atoms with Crippen LogP contribution in [-0.4, -0.2) is 6.87 Å². The summed E-state index contributed by atoms with van der Waals surface area (Å²) in [6, 6.07) is 0. The zero-order valence-electron chi connectivity index (χ0n) is 6.52. The maximum atomic E-state index is 2.46. The molecule has 3 aliphatic carbocycles. The van der Waals surface area contributed by atoms with E-state index in [-0.39, 0.29) is 0 Å². The largest absolute Gasteiger partial charge is 0.182 e. The van der Waals surface area contributed by atoms with E-state index >= 15 is 0 Å². The van der Waals surface area contributed by atoms with Gasteiger partial charge in [-0.3, -0.25) is 0 Å². The Kier molecular flexibility index (Phi) is 2.69. The quantitative estimate of drug-likeness (QED) is 0.498. The first-order chi connectivity index (χ1) is 5.23. The summed E-state index contributed by atoms with van der Waals surface area (Å²) in [5.74, 6) is 1.09. The molecule has 3 rings (SSSR count). The molecule has 2 bridgehead atoms. The number of nitrogens with zero attached hydrogens (tertiary/aromatic N) is 1. The van der Waals surface area contributed by atoms with Crippen molar-refractivity contribution in [1.29, 1.82) is 0 Å². The summed E-state index contributed by atoms with van der Waals surface area (Å²) in [6.45, 7) is 0. The van der Waals surface area contributed by atoms with E-state index in [9.17, 15) is 0 Å². The Hall–Kier alpha value is 1.42. The van der Waals surface area contributed by atoms with Gasteiger partial charge in [0.2, 0.25) is 0 Å². The fourth-order valence-electron chi connectivity index (χ4n) is 2.48. The highest BCUT2D eigenvalue weighted by molar-refractivity contribution is 14.2. The van der Waals surface area contributed by atoms with E-state index in [4.69, 9.17) is 0 Å². The number of fused-ring (bicyclic) bond motifs is 3. The van der Waals surface area contributed by atoms with Crippen molar-refractivity contribution < 1.29 is 0 Å². The molecule has 1 nitrogen and oxygen atoms in total. The minimum Gasteiger partial charge on any atom is -0.182 e. The van der Waals surface area contributed by atoms with Crippen LogP contribution in [0.15, 0.2) is 0 Å². The highest BCUT2D eigenvalue weighted by atomic mass is 127. The average Bonchev–Trinajstić information content (AvgIpc) is 2.08. The average molecular weight is 377 g/mol. The lowest BCUT2D eigenvalue weighted by Gasteiger charge is -2.48. The zero-order valence-corrected chi connectivity index (χ0v) is 10.8. The number of rotatable bonds is 1. The smallest absolute Gasteiger partial charge is 0.0408 e. The fourth-order valence-corrected chi connectivity index (χ4v) is 3.93. The Bertz CT molecular complexity index is 136. The number of hydrogen-bond acceptors (Lipinski definition) is 1. The number of halogens is 2. The van der Waals surface area contributed by atoms with Crippen LogP contribution in [-0.2, 0) is 0 Å². The van der Waals surface area contributed by atoms with Crippen LogP contribution in [0, 0.1) is 5.92 Å². The first-order valence-electron chi connectivity index (χ1n) is 4.35. The summed E-state index contributed by atoms with van der Waals surface area (Å²) >= 11 is 4.92. The van der Waals surface area contributed by atoms with Crippen LogP contribution in [0.3, 0.4) is 0 Å². The van der Waals surface area contributed by atoms with Crippen LogP contribution in [0.1, 0.15) is 38.5 Å². The van der Waals surface area contributed by atoms with Gasteiger partial charge in [-0.1, -0.05) is 0 Å². The Labute approximate surface area is 96.3 Å². The lowest BCUT2D eigenvalue weighted by atomic mass is 9.66. The lowest BCUT2D eigenvalue weighted by Crippen LogP contribution is -2.45. The molecule has 0 aromatic carbocycles. The minimum atomic E-state index is 0.593. The SMILES string of the molecule is IN(I)C12CCC(CC1)CC2. The lowest BCUT2D eigenvalue weighted by molar-refractivity contribution is 0.105. The van der Waals surface area contributed by atoms with E-state index in [2.05, 4.69) is 47.1 Å². The summed E-state index contributed by atoms with van der Waals surface area (Å²) in [6.07, 6.45) is 8.81. The third kappa shape index (κ3) is 1.57. The Morgan fingerprint density at radius 2 is 1.45 bits per heavy atom. The van der Waals surface area contributed by atoms with Gasteiger partial charge in [0.25, 0.3) is 0 Å². The van der Waals surface area contributed by atoms with Crippen molar-refractivity contribution in [3.05, 3.63) is 0 Å². The molecule has 0 saturated heterocycles. The van der Waals surface area contributed by atoms with E-state index in [0.717, 1.165) is 5.92 Å². The van der Waals surface area contributed by atoms with Crippen LogP contribution in [0.5, 0.6) is 0 Å². The van der Waals surface area contributed by atoms with E-state index in [1.54, 1.807) is 0 Å². The van der Waals surface area contributed by atoms with Crippen molar-refractivity contribution in [1.82, 2.24) is 1.33 Å². The van der Waals surface area contributed by atoms with Crippen molar-refractivity contribution in [3.63, 3.8) is 0 Å². The van der Waals surface area contributed by atoms with Crippen molar-refractivity contribution in [2.45, 2.75) is 44.1 Å². The van der Waals surface area contributed by atoms with Crippen LogP contribution in [0.4, 0.5) is 0 Å². The fraction of sp³-hybridized carbons (Fsp3) is 1.00. The molecule has 3 heteroatoms. The topological polar surface area (TPSA) is 3.24 Å². The molecule has 0 spiro atoms. The molecule has 0 aliphatic heterocycles. The van der Waals surface area contributed by atoms with Crippen molar-refractivity contribution in [2.75, 3.05) is 0 Å². The van der Waals surface area contributed by atoms with Crippen LogP contribution in [0.25, 0.3) is 0 Å². The van der Waals surface area contributed by atoms with Crippen LogP contribution >= 0.6 is 45.7 Å². The molecule has 3 saturated carbocycles. The monoisotopic (exact) mass is 377 g/mol. The molecular formula is C8H13I2N. The zero-order chi connectivity index (χ0) is 7.90. The predicted octanol–water partition coefficient (Wildman–Crippen LogP) is 3.71. The molecule has 64 valence electrons. The summed E-state index contributed by atoms with van der Waals surface area (Å²) < 4.78 is 2.41. The third-order valence-corrected chi connectivity index (χ3v) is 5.46. The highest BCUT2D eigenvalue weighted by Crippen LogP contribution is 2.49. The molecule has 0 heterocycles. The minimum absolute atomic E-state index is 0.593.